The topological polar surface area (TPSA) is 141 Å². The second-order valence-electron chi connectivity index (χ2n) is 0.513. The molecule has 0 aliphatic heterocycles. The largest absolute Gasteiger partial charge is 1.00 e. The van der Waals surface area contributed by atoms with Crippen molar-refractivity contribution < 1.29 is 154 Å². The molecule has 7 N–H and O–H groups in total. The van der Waals surface area contributed by atoms with Crippen LogP contribution in [0.4, 0.5) is 0 Å². The van der Waals surface area contributed by atoms with Gasteiger partial charge in [0.1, 0.15) is 0 Å². The van der Waals surface area contributed by atoms with Gasteiger partial charge >= 0.3 is 126 Å². The molecule has 0 bridgehead atoms. The van der Waals surface area contributed by atoms with Gasteiger partial charge in [0.2, 0.25) is 0 Å². The van der Waals surface area contributed by atoms with Gasteiger partial charge in [-0.1, -0.05) is 0 Å². The minimum atomic E-state index is -4.64. The van der Waals surface area contributed by atoms with E-state index in [0.717, 1.165) is 0 Å². The maximum absolute atomic E-state index is 8.88. The first-order valence-electron chi connectivity index (χ1n) is 0.783. The van der Waals surface area contributed by atoms with Crippen molar-refractivity contribution in [3.63, 3.8) is 0 Å². The molecule has 0 saturated heterocycles. The smallest absolute Gasteiger partial charge is 1.00 e. The molecule has 0 rings (SSSR count). The fourth-order valence-electron chi connectivity index (χ4n) is 0. The zero-order chi connectivity index (χ0) is 4.50. The molecule has 0 aromatic heterocycles. The van der Waals surface area contributed by atoms with Crippen LogP contribution in [-0.2, 0) is 4.57 Å². The van der Waals surface area contributed by atoms with Crippen LogP contribution in [0.5, 0.6) is 0 Å². The van der Waals surface area contributed by atoms with Crippen LogP contribution in [0.2, 0.25) is 0 Å². The number of hydrogen-bond acceptors (Lipinski definition) is 1. The van der Waals surface area contributed by atoms with Crippen molar-refractivity contribution in [2.75, 3.05) is 0 Å². The summed E-state index contributed by atoms with van der Waals surface area (Å²) in [6, 6.07) is 0. The van der Waals surface area contributed by atoms with Gasteiger partial charge in [0.05, 0.1) is 0 Å². The summed E-state index contributed by atoms with van der Waals surface area (Å²) in [6.45, 7) is 0. The summed E-state index contributed by atoms with van der Waals surface area (Å²) in [5.74, 6) is 0. The summed E-state index contributed by atoms with van der Waals surface area (Å²) < 4.78 is 8.88. The number of rotatable bonds is 0. The molecule has 11 heteroatoms. The molecule has 0 spiro atoms. The molecule has 56 valence electrons. The average molecular weight is 230 g/mol. The van der Waals surface area contributed by atoms with Crippen molar-refractivity contribution in [3.05, 3.63) is 0 Å². The summed E-state index contributed by atoms with van der Waals surface area (Å²) >= 11 is 0. The maximum Gasteiger partial charge on any atom is 1.00 e. The molecular weight excluding hydrogens is 219 g/mol. The van der Waals surface area contributed by atoms with Crippen molar-refractivity contribution in [3.8, 4) is 0 Å². The van der Waals surface area contributed by atoms with E-state index in [0.29, 0.717) is 0 Å². The molecule has 0 atom stereocenters. The standard InChI is InChI=1S/4Na.H3O4P.2H2O.4H/c;;;;1-5(2,3)4;;;;;;/h;;;;(H3,1,2,3,4);2*1H2;;;;/q4*+1;;;;4*-1. The molecule has 0 aliphatic carbocycles. The number of phosphoric acid groups is 1. The monoisotopic (exact) mass is 230 g/mol. The van der Waals surface area contributed by atoms with E-state index in [9.17, 15) is 0 Å². The maximum atomic E-state index is 8.88. The van der Waals surface area contributed by atoms with Crippen LogP contribution in [0.3, 0.4) is 0 Å². The van der Waals surface area contributed by atoms with Gasteiger partial charge in [-0.15, -0.1) is 0 Å². The molecule has 0 amide bonds. The van der Waals surface area contributed by atoms with Gasteiger partial charge in [0, 0.05) is 0 Å². The fraction of sp³-hybridized carbons (Fsp3) is 0. The minimum Gasteiger partial charge on any atom is -1.00 e. The molecule has 0 saturated carbocycles. The second kappa shape index (κ2) is 23.7. The van der Waals surface area contributed by atoms with E-state index in [1.165, 1.54) is 0 Å². The van der Waals surface area contributed by atoms with Gasteiger partial charge < -0.3 is 31.3 Å². The number of hydrogen-bond donors (Lipinski definition) is 3. The molecule has 6 nitrogen and oxygen atoms in total. The van der Waals surface area contributed by atoms with Crippen LogP contribution in [0.1, 0.15) is 5.71 Å². The van der Waals surface area contributed by atoms with Crippen LogP contribution in [0.15, 0.2) is 0 Å². The normalized spacial score (nSPS) is 5.36. The Bertz CT molecular complexity index is 73.3. The van der Waals surface area contributed by atoms with E-state index in [2.05, 4.69) is 0 Å². The third-order valence-corrected chi connectivity index (χ3v) is 0. The Balaban J connectivity index is -0.00000000178. The van der Waals surface area contributed by atoms with Crippen LogP contribution >= 0.6 is 7.82 Å². The summed E-state index contributed by atoms with van der Waals surface area (Å²) in [4.78, 5) is 21.6. The predicted molar refractivity (Wildman–Crippen MR) is 25.9 cm³/mol. The van der Waals surface area contributed by atoms with Gasteiger partial charge in [-0.2, -0.15) is 0 Å². The second-order valence-corrected chi connectivity index (χ2v) is 1.54. The molecule has 0 radical (unpaired) electrons. The Morgan fingerprint density at radius 1 is 0.818 bits per heavy atom. The van der Waals surface area contributed by atoms with E-state index in [4.69, 9.17) is 19.2 Å². The zero-order valence-corrected chi connectivity index (χ0v) is 16.1. The molecule has 0 fully saturated rings. The molecule has 0 aromatic carbocycles. The molecule has 0 aromatic rings. The molecule has 0 heterocycles. The minimum absolute atomic E-state index is 0. The van der Waals surface area contributed by atoms with E-state index < -0.39 is 7.82 Å². The van der Waals surface area contributed by atoms with Gasteiger partial charge in [-0.25, -0.2) is 4.57 Å². The molecule has 11 heavy (non-hydrogen) atoms. The van der Waals surface area contributed by atoms with Gasteiger partial charge in [-0.3, -0.25) is 0 Å². The first kappa shape index (κ1) is 45.9. The third-order valence-electron chi connectivity index (χ3n) is 0. The third kappa shape index (κ3) is 125. The van der Waals surface area contributed by atoms with E-state index >= 15 is 0 Å². The van der Waals surface area contributed by atoms with Crippen molar-refractivity contribution in [1.29, 1.82) is 0 Å². The first-order valence-corrected chi connectivity index (χ1v) is 2.35. The van der Waals surface area contributed by atoms with Crippen LogP contribution in [0, 0.1) is 0 Å². The molecule has 0 aliphatic rings. The van der Waals surface area contributed by atoms with Gasteiger partial charge in [0.25, 0.3) is 0 Å². The Hall–Kier alpha value is 4.03. The summed E-state index contributed by atoms with van der Waals surface area (Å²) in [5.41, 5.74) is 0. The SMILES string of the molecule is O.O.O=P(O)(O)O.[H-].[H-].[H-].[H-].[Na+].[Na+].[Na+].[Na+]. The van der Waals surface area contributed by atoms with E-state index in [1.807, 2.05) is 0 Å². The fourth-order valence-corrected chi connectivity index (χ4v) is 0. The van der Waals surface area contributed by atoms with Crippen LogP contribution in [-0.4, -0.2) is 25.6 Å². The average Bonchev–Trinajstić information content (AvgIpc) is 0.722. The first-order chi connectivity index (χ1) is 2.00. The van der Waals surface area contributed by atoms with Crippen LogP contribution in [0.25, 0.3) is 0 Å². The van der Waals surface area contributed by atoms with Gasteiger partial charge in [-0.05, 0) is 0 Å². The summed E-state index contributed by atoms with van der Waals surface area (Å²) in [7, 11) is -4.64. The summed E-state index contributed by atoms with van der Waals surface area (Å²) in [5, 5.41) is 0. The Labute approximate surface area is 159 Å². The zero-order valence-electron chi connectivity index (χ0n) is 11.2. The Morgan fingerprint density at radius 2 is 0.818 bits per heavy atom. The molecular formula is H11Na4O6P. The predicted octanol–water partition coefficient (Wildman–Crippen LogP) is -14.1. The van der Waals surface area contributed by atoms with E-state index in [1.54, 1.807) is 0 Å². The quantitative estimate of drug-likeness (QED) is 0.280. The van der Waals surface area contributed by atoms with Crippen molar-refractivity contribution in [2.24, 2.45) is 0 Å². The Kier molecular flexibility index (Phi) is 98.8. The van der Waals surface area contributed by atoms with Crippen LogP contribution < -0.4 is 118 Å². The Morgan fingerprint density at radius 3 is 0.818 bits per heavy atom. The van der Waals surface area contributed by atoms with E-state index in [-0.39, 0.29) is 135 Å². The van der Waals surface area contributed by atoms with Gasteiger partial charge in [0.15, 0.2) is 0 Å². The van der Waals surface area contributed by atoms with Crippen molar-refractivity contribution in [1.82, 2.24) is 0 Å². The van der Waals surface area contributed by atoms with Crippen molar-refractivity contribution in [2.45, 2.75) is 0 Å². The summed E-state index contributed by atoms with van der Waals surface area (Å²) in [6.07, 6.45) is 0. The van der Waals surface area contributed by atoms with Crippen molar-refractivity contribution >= 4 is 7.82 Å². The molecule has 0 unspecified atom stereocenters.